The third-order valence-electron chi connectivity index (χ3n) is 2.35. The van der Waals surface area contributed by atoms with E-state index in [-0.39, 0.29) is 6.42 Å². The van der Waals surface area contributed by atoms with E-state index in [1.54, 1.807) is 0 Å². The molecular formula is C6H16N3O5P. The van der Waals surface area contributed by atoms with Gasteiger partial charge in [0.2, 0.25) is 0 Å². The predicted molar refractivity (Wildman–Crippen MR) is 51.6 cm³/mol. The fraction of sp³-hybridized carbons (Fsp3) is 0.833. The number of rotatable bonds is 5. The molecule has 0 bridgehead atoms. The van der Waals surface area contributed by atoms with E-state index in [9.17, 15) is 9.36 Å². The van der Waals surface area contributed by atoms with Crippen LogP contribution in [-0.4, -0.2) is 37.7 Å². The van der Waals surface area contributed by atoms with Gasteiger partial charge in [-0.05, 0) is 13.3 Å². The van der Waals surface area contributed by atoms with Crippen LogP contribution >= 0.6 is 7.60 Å². The highest BCUT2D eigenvalue weighted by Crippen LogP contribution is 2.52. The summed E-state index contributed by atoms with van der Waals surface area (Å²) in [6.07, 6.45) is 0.0620. The smallest absolute Gasteiger partial charge is 0.323 e. The van der Waals surface area contributed by atoms with E-state index in [1.807, 2.05) is 0 Å². The SMILES string of the molecule is CCC(C)(N(N)CC(=O)NO)P(=O)(O)O. The second-order valence-corrected chi connectivity index (χ2v) is 5.33. The first-order chi connectivity index (χ1) is 6.69. The van der Waals surface area contributed by atoms with Crippen LogP contribution in [-0.2, 0) is 9.36 Å². The molecule has 1 atom stereocenters. The lowest BCUT2D eigenvalue weighted by molar-refractivity contribution is -0.131. The van der Waals surface area contributed by atoms with Crippen molar-refractivity contribution in [3.8, 4) is 0 Å². The molecule has 0 aromatic carbocycles. The minimum Gasteiger partial charge on any atom is -0.323 e. The number of carbonyl (C=O) groups is 1. The van der Waals surface area contributed by atoms with Gasteiger partial charge in [-0.3, -0.25) is 20.4 Å². The summed E-state index contributed by atoms with van der Waals surface area (Å²) >= 11 is 0. The lowest BCUT2D eigenvalue weighted by Crippen LogP contribution is -2.53. The van der Waals surface area contributed by atoms with E-state index in [1.165, 1.54) is 19.3 Å². The maximum absolute atomic E-state index is 11.2. The predicted octanol–water partition coefficient (Wildman–Crippen LogP) is -1.03. The van der Waals surface area contributed by atoms with Crippen molar-refractivity contribution in [2.75, 3.05) is 6.54 Å². The average Bonchev–Trinajstić information content (AvgIpc) is 2.14. The number of amides is 1. The zero-order chi connectivity index (χ0) is 12.3. The molecule has 0 saturated heterocycles. The van der Waals surface area contributed by atoms with Gasteiger partial charge in [-0.2, -0.15) is 0 Å². The maximum Gasteiger partial charge on any atom is 0.346 e. The largest absolute Gasteiger partial charge is 0.346 e. The number of nitrogens with two attached hydrogens (primary N) is 1. The van der Waals surface area contributed by atoms with Crippen molar-refractivity contribution >= 4 is 13.5 Å². The Bertz CT molecular complexity index is 280. The highest BCUT2D eigenvalue weighted by atomic mass is 31.2. The molecule has 0 aromatic heterocycles. The molecule has 0 aromatic rings. The summed E-state index contributed by atoms with van der Waals surface area (Å²) in [6.45, 7) is 2.28. The van der Waals surface area contributed by atoms with Crippen molar-refractivity contribution < 1.29 is 24.4 Å². The van der Waals surface area contributed by atoms with Crippen LogP contribution in [0.2, 0.25) is 0 Å². The first-order valence-electron chi connectivity index (χ1n) is 4.20. The van der Waals surface area contributed by atoms with Crippen molar-refractivity contribution in [1.82, 2.24) is 10.5 Å². The zero-order valence-corrected chi connectivity index (χ0v) is 9.44. The molecule has 0 fully saturated rings. The van der Waals surface area contributed by atoms with Gasteiger partial charge in [0, 0.05) is 0 Å². The molecule has 0 aliphatic heterocycles. The van der Waals surface area contributed by atoms with Gasteiger partial charge >= 0.3 is 7.60 Å². The summed E-state index contributed by atoms with van der Waals surface area (Å²) in [5.41, 5.74) is 1.33. The molecule has 0 heterocycles. The van der Waals surface area contributed by atoms with Crippen LogP contribution in [0.1, 0.15) is 20.3 Å². The topological polar surface area (TPSA) is 136 Å². The van der Waals surface area contributed by atoms with Crippen LogP contribution in [0.3, 0.4) is 0 Å². The van der Waals surface area contributed by atoms with Crippen molar-refractivity contribution in [3.63, 3.8) is 0 Å². The van der Waals surface area contributed by atoms with E-state index in [0.717, 1.165) is 5.01 Å². The van der Waals surface area contributed by atoms with E-state index < -0.39 is 25.3 Å². The number of nitrogens with one attached hydrogen (secondary N) is 1. The van der Waals surface area contributed by atoms with Gasteiger partial charge in [0.05, 0.1) is 6.54 Å². The lowest BCUT2D eigenvalue weighted by atomic mass is 10.2. The molecular weight excluding hydrogens is 225 g/mol. The molecule has 0 spiro atoms. The Balaban J connectivity index is 4.82. The summed E-state index contributed by atoms with van der Waals surface area (Å²) in [5, 5.41) is 7.35. The molecule has 0 aliphatic carbocycles. The van der Waals surface area contributed by atoms with E-state index in [0.29, 0.717) is 0 Å². The number of hydrazine groups is 1. The van der Waals surface area contributed by atoms with Crippen LogP contribution in [0.4, 0.5) is 0 Å². The Morgan fingerprint density at radius 2 is 2.07 bits per heavy atom. The molecule has 0 aliphatic rings. The second kappa shape index (κ2) is 5.02. The van der Waals surface area contributed by atoms with Crippen molar-refractivity contribution in [2.24, 2.45) is 5.84 Å². The zero-order valence-electron chi connectivity index (χ0n) is 8.54. The van der Waals surface area contributed by atoms with Crippen LogP contribution < -0.4 is 11.3 Å². The minimum absolute atomic E-state index is 0.0620. The standard InChI is InChI=1S/C6H16N3O5P/c1-3-6(2,15(12,13)14)9(7)4-5(10)8-11/h11H,3-4,7H2,1-2H3,(H,8,10)(H2,12,13,14). The van der Waals surface area contributed by atoms with Gasteiger partial charge in [-0.1, -0.05) is 6.92 Å². The number of hydrogen-bond donors (Lipinski definition) is 5. The second-order valence-electron chi connectivity index (χ2n) is 3.28. The molecule has 8 nitrogen and oxygen atoms in total. The van der Waals surface area contributed by atoms with Gasteiger partial charge < -0.3 is 9.79 Å². The summed E-state index contributed by atoms with van der Waals surface area (Å²) in [5.74, 6) is 4.55. The first kappa shape index (κ1) is 14.5. The van der Waals surface area contributed by atoms with Crippen LogP contribution in [0, 0.1) is 0 Å². The van der Waals surface area contributed by atoms with Gasteiger partial charge in [-0.15, -0.1) is 0 Å². The Hall–Kier alpha value is -0.500. The van der Waals surface area contributed by atoms with Gasteiger partial charge in [-0.25, -0.2) is 10.5 Å². The summed E-state index contributed by atoms with van der Waals surface area (Å²) in [6, 6.07) is 0. The van der Waals surface area contributed by atoms with Crippen molar-refractivity contribution in [1.29, 1.82) is 0 Å². The maximum atomic E-state index is 11.2. The molecule has 90 valence electrons. The Kier molecular flexibility index (Phi) is 4.85. The Morgan fingerprint density at radius 1 is 1.60 bits per heavy atom. The van der Waals surface area contributed by atoms with Gasteiger partial charge in [0.1, 0.15) is 5.28 Å². The van der Waals surface area contributed by atoms with E-state index in [4.69, 9.17) is 20.8 Å². The summed E-state index contributed by atoms with van der Waals surface area (Å²) in [7, 11) is -4.47. The molecule has 1 unspecified atom stereocenters. The van der Waals surface area contributed by atoms with Crippen LogP contribution in [0.5, 0.6) is 0 Å². The third kappa shape index (κ3) is 3.23. The Labute approximate surface area is 87.1 Å². The monoisotopic (exact) mass is 241 g/mol. The molecule has 6 N–H and O–H groups in total. The number of nitrogens with zero attached hydrogens (tertiary/aromatic N) is 1. The highest BCUT2D eigenvalue weighted by Gasteiger charge is 2.45. The first-order valence-corrected chi connectivity index (χ1v) is 5.81. The molecule has 0 saturated carbocycles. The number of hydroxylamine groups is 1. The van der Waals surface area contributed by atoms with Crippen LogP contribution in [0.15, 0.2) is 0 Å². The van der Waals surface area contributed by atoms with Crippen molar-refractivity contribution in [2.45, 2.75) is 25.5 Å². The van der Waals surface area contributed by atoms with Crippen molar-refractivity contribution in [3.05, 3.63) is 0 Å². The van der Waals surface area contributed by atoms with E-state index in [2.05, 4.69) is 0 Å². The normalized spacial score (nSPS) is 16.2. The molecule has 0 radical (unpaired) electrons. The van der Waals surface area contributed by atoms with Gasteiger partial charge in [0.15, 0.2) is 0 Å². The van der Waals surface area contributed by atoms with E-state index >= 15 is 0 Å². The third-order valence-corrected chi connectivity index (χ3v) is 4.18. The quantitative estimate of drug-likeness (QED) is 0.180. The molecule has 0 rings (SSSR count). The summed E-state index contributed by atoms with van der Waals surface area (Å²) in [4.78, 5) is 29.0. The molecule has 9 heteroatoms. The Morgan fingerprint density at radius 3 is 2.33 bits per heavy atom. The number of hydrogen-bond acceptors (Lipinski definition) is 5. The fourth-order valence-corrected chi connectivity index (χ4v) is 1.75. The molecule has 1 amide bonds. The molecule has 15 heavy (non-hydrogen) atoms. The van der Waals surface area contributed by atoms with Gasteiger partial charge in [0.25, 0.3) is 5.91 Å². The lowest BCUT2D eigenvalue weighted by Gasteiger charge is -2.36. The number of carbonyl (C=O) groups excluding carboxylic acids is 1. The average molecular weight is 241 g/mol. The summed E-state index contributed by atoms with van der Waals surface area (Å²) < 4.78 is 11.2. The highest BCUT2D eigenvalue weighted by molar-refractivity contribution is 7.53. The van der Waals surface area contributed by atoms with Crippen LogP contribution in [0.25, 0.3) is 0 Å². The minimum atomic E-state index is -4.47. The fourth-order valence-electron chi connectivity index (χ4n) is 0.937.